The van der Waals surface area contributed by atoms with Crippen LogP contribution in [0.2, 0.25) is 0 Å². The Hall–Kier alpha value is -3.92. The highest BCUT2D eigenvalue weighted by molar-refractivity contribution is 5.94. The molecule has 2 heterocycles. The fraction of sp³-hybridized carbons (Fsp3) is 0.321. The van der Waals surface area contributed by atoms with E-state index in [1.165, 1.54) is 18.3 Å². The molecular formula is C28H28F3N3O4. The minimum Gasteiger partial charge on any atom is -0.481 e. The number of aliphatic carboxylic acids is 1. The number of rotatable bonds is 9. The van der Waals surface area contributed by atoms with Gasteiger partial charge in [-0.3, -0.25) is 9.59 Å². The minimum absolute atomic E-state index is 0.0343. The van der Waals surface area contributed by atoms with Crippen molar-refractivity contribution in [1.29, 1.82) is 0 Å². The lowest BCUT2D eigenvalue weighted by atomic mass is 10.0. The van der Waals surface area contributed by atoms with Crippen LogP contribution >= 0.6 is 0 Å². The predicted octanol–water partition coefficient (Wildman–Crippen LogP) is 5.16. The van der Waals surface area contributed by atoms with E-state index in [9.17, 15) is 22.8 Å². The van der Waals surface area contributed by atoms with Gasteiger partial charge in [-0.2, -0.15) is 13.2 Å². The molecule has 10 heteroatoms. The Bertz CT molecular complexity index is 1220. The molecule has 4 rings (SSSR count). The zero-order valence-electron chi connectivity index (χ0n) is 20.6. The van der Waals surface area contributed by atoms with E-state index in [1.54, 1.807) is 12.1 Å². The van der Waals surface area contributed by atoms with Crippen molar-refractivity contribution >= 4 is 17.7 Å². The molecule has 3 aromatic rings. The monoisotopic (exact) mass is 527 g/mol. The predicted molar refractivity (Wildman–Crippen MR) is 136 cm³/mol. The molecule has 7 nitrogen and oxygen atoms in total. The Kier molecular flexibility index (Phi) is 8.62. The van der Waals surface area contributed by atoms with E-state index in [1.807, 2.05) is 24.3 Å². The van der Waals surface area contributed by atoms with Crippen molar-refractivity contribution in [2.24, 2.45) is 0 Å². The number of carbonyl (C=O) groups is 2. The van der Waals surface area contributed by atoms with Gasteiger partial charge in [-0.05, 0) is 53.8 Å². The van der Waals surface area contributed by atoms with Gasteiger partial charge in [0, 0.05) is 38.5 Å². The molecular weight excluding hydrogens is 499 g/mol. The quantitative estimate of drug-likeness (QED) is 0.400. The van der Waals surface area contributed by atoms with E-state index in [0.29, 0.717) is 36.7 Å². The molecule has 1 fully saturated rings. The van der Waals surface area contributed by atoms with Gasteiger partial charge in [0.2, 0.25) is 0 Å². The molecule has 0 atom stereocenters. The Morgan fingerprint density at radius 2 is 1.61 bits per heavy atom. The molecule has 2 aromatic carbocycles. The van der Waals surface area contributed by atoms with E-state index in [2.05, 4.69) is 15.2 Å². The van der Waals surface area contributed by atoms with Crippen molar-refractivity contribution < 1.29 is 32.6 Å². The minimum atomic E-state index is -4.37. The summed E-state index contributed by atoms with van der Waals surface area (Å²) in [5.74, 6) is -0.675. The van der Waals surface area contributed by atoms with Gasteiger partial charge in [-0.15, -0.1) is 0 Å². The Morgan fingerprint density at radius 3 is 2.16 bits per heavy atom. The van der Waals surface area contributed by atoms with Crippen LogP contribution in [-0.2, 0) is 22.3 Å². The molecule has 1 amide bonds. The largest absolute Gasteiger partial charge is 0.481 e. The highest BCUT2D eigenvalue weighted by Crippen LogP contribution is 2.31. The smallest absolute Gasteiger partial charge is 0.416 e. The number of anilines is 1. The summed E-state index contributed by atoms with van der Waals surface area (Å²) in [7, 11) is 0. The summed E-state index contributed by atoms with van der Waals surface area (Å²) in [6.07, 6.45) is -1.41. The summed E-state index contributed by atoms with van der Waals surface area (Å²) < 4.78 is 44.1. The fourth-order valence-corrected chi connectivity index (χ4v) is 4.32. The molecule has 1 aliphatic heterocycles. The van der Waals surface area contributed by atoms with E-state index < -0.39 is 17.7 Å². The second-order valence-corrected chi connectivity index (χ2v) is 9.05. The lowest BCUT2D eigenvalue weighted by Crippen LogP contribution is -2.39. The maximum Gasteiger partial charge on any atom is 0.416 e. The number of ether oxygens (including phenoxy) is 1. The lowest BCUT2D eigenvalue weighted by Gasteiger charge is -2.35. The molecule has 0 bridgehead atoms. The molecule has 200 valence electrons. The Labute approximate surface area is 218 Å². The second-order valence-electron chi connectivity index (χ2n) is 9.05. The third kappa shape index (κ3) is 7.10. The van der Waals surface area contributed by atoms with E-state index in [4.69, 9.17) is 9.84 Å². The molecule has 0 aliphatic carbocycles. The average Bonchev–Trinajstić information content (AvgIpc) is 2.92. The van der Waals surface area contributed by atoms with E-state index in [0.717, 1.165) is 36.1 Å². The van der Waals surface area contributed by atoms with Crippen LogP contribution in [-0.4, -0.2) is 47.8 Å². The molecule has 1 aliphatic rings. The number of carbonyl (C=O) groups excluding carboxylic acids is 1. The van der Waals surface area contributed by atoms with Gasteiger partial charge in [0.25, 0.3) is 5.91 Å². The highest BCUT2D eigenvalue weighted by Gasteiger charge is 2.30. The van der Waals surface area contributed by atoms with Crippen LogP contribution in [0.25, 0.3) is 11.1 Å². The lowest BCUT2D eigenvalue weighted by molar-refractivity contribution is -0.138. The first-order valence-corrected chi connectivity index (χ1v) is 12.3. The highest BCUT2D eigenvalue weighted by atomic mass is 19.4. The number of halogens is 3. The van der Waals surface area contributed by atoms with Crippen LogP contribution < -0.4 is 10.2 Å². The van der Waals surface area contributed by atoms with Crippen LogP contribution in [0.1, 0.15) is 40.7 Å². The number of carboxylic acid groups (broad SMARTS) is 1. The number of amides is 1. The molecule has 2 N–H and O–H groups in total. The Morgan fingerprint density at radius 1 is 0.974 bits per heavy atom. The van der Waals surface area contributed by atoms with Gasteiger partial charge < -0.3 is 20.1 Å². The summed E-state index contributed by atoms with van der Waals surface area (Å²) in [5.41, 5.74) is 2.18. The van der Waals surface area contributed by atoms with Crippen LogP contribution in [0.3, 0.4) is 0 Å². The number of nitrogens with one attached hydrogen (secondary N) is 1. The third-order valence-electron chi connectivity index (χ3n) is 6.41. The van der Waals surface area contributed by atoms with Crippen molar-refractivity contribution in [2.45, 2.75) is 38.0 Å². The molecule has 1 saturated heterocycles. The number of aromatic nitrogens is 1. The molecule has 0 unspecified atom stereocenters. The molecule has 1 aromatic heterocycles. The van der Waals surface area contributed by atoms with Crippen molar-refractivity contribution in [1.82, 2.24) is 10.3 Å². The van der Waals surface area contributed by atoms with Crippen LogP contribution in [0.15, 0.2) is 66.9 Å². The average molecular weight is 528 g/mol. The van der Waals surface area contributed by atoms with Crippen molar-refractivity contribution in [2.75, 3.05) is 24.7 Å². The number of hydrogen-bond acceptors (Lipinski definition) is 5. The number of pyridine rings is 1. The van der Waals surface area contributed by atoms with Crippen LogP contribution in [0, 0.1) is 0 Å². The summed E-state index contributed by atoms with van der Waals surface area (Å²) in [6, 6.07) is 16.4. The van der Waals surface area contributed by atoms with Gasteiger partial charge >= 0.3 is 12.1 Å². The number of hydrogen-bond donors (Lipinski definition) is 2. The normalized spacial score (nSPS) is 14.2. The maximum atomic E-state index is 12.9. The zero-order valence-corrected chi connectivity index (χ0v) is 20.6. The number of alkyl halides is 3. The first-order valence-electron chi connectivity index (χ1n) is 12.3. The molecule has 38 heavy (non-hydrogen) atoms. The van der Waals surface area contributed by atoms with Gasteiger partial charge in [-0.1, -0.05) is 36.4 Å². The van der Waals surface area contributed by atoms with E-state index >= 15 is 0 Å². The fourth-order valence-electron chi connectivity index (χ4n) is 4.32. The van der Waals surface area contributed by atoms with Gasteiger partial charge in [0.15, 0.2) is 0 Å². The van der Waals surface area contributed by atoms with Crippen molar-refractivity contribution in [3.05, 3.63) is 83.6 Å². The number of nitrogens with zero attached hydrogens (tertiary/aromatic N) is 2. The topological polar surface area (TPSA) is 91.8 Å². The number of benzene rings is 2. The molecule has 0 spiro atoms. The summed E-state index contributed by atoms with van der Waals surface area (Å²) in [4.78, 5) is 29.6. The van der Waals surface area contributed by atoms with Gasteiger partial charge in [-0.25, -0.2) is 4.98 Å². The first-order chi connectivity index (χ1) is 18.2. The zero-order chi connectivity index (χ0) is 27.1. The van der Waals surface area contributed by atoms with Gasteiger partial charge in [0.05, 0.1) is 17.5 Å². The summed E-state index contributed by atoms with van der Waals surface area (Å²) >= 11 is 0. The van der Waals surface area contributed by atoms with Gasteiger partial charge in [0.1, 0.15) is 5.82 Å². The van der Waals surface area contributed by atoms with Crippen molar-refractivity contribution in [3.8, 4) is 11.1 Å². The number of carboxylic acids is 1. The first kappa shape index (κ1) is 27.1. The summed E-state index contributed by atoms with van der Waals surface area (Å²) in [5, 5.41) is 11.3. The molecule has 0 saturated carbocycles. The second kappa shape index (κ2) is 12.1. The van der Waals surface area contributed by atoms with E-state index in [-0.39, 0.29) is 24.9 Å². The Balaban J connectivity index is 1.48. The third-order valence-corrected chi connectivity index (χ3v) is 6.41. The summed E-state index contributed by atoms with van der Waals surface area (Å²) in [6.45, 7) is 1.86. The van der Waals surface area contributed by atoms with Crippen LogP contribution in [0.4, 0.5) is 19.0 Å². The maximum absolute atomic E-state index is 12.9. The SMILES string of the molecule is O=C(O)CCNC(=O)c1ccc(N(Cc2ccc(-c3ccc(C(F)(F)F)cc3)cc2)C2CCOCC2)nc1. The molecule has 0 radical (unpaired) electrons. The standard InChI is InChI=1S/C28H28F3N3O4/c29-28(30,31)23-8-5-21(6-9-23)20-3-1-19(2-4-20)18-34(24-12-15-38-16-13-24)25-10-7-22(17-33-25)27(37)32-14-11-26(35)36/h1-10,17,24H,11-16,18H2,(H,32,37)(H,35,36). The van der Waals surface area contributed by atoms with Crippen molar-refractivity contribution in [3.63, 3.8) is 0 Å². The van der Waals surface area contributed by atoms with Crippen LogP contribution in [0.5, 0.6) is 0 Å².